The molecule has 0 fully saturated rings. The van der Waals surface area contributed by atoms with Gasteiger partial charge in [0.05, 0.1) is 11.5 Å². The van der Waals surface area contributed by atoms with E-state index >= 15 is 0 Å². The van der Waals surface area contributed by atoms with Gasteiger partial charge in [-0.25, -0.2) is 0 Å². The molecule has 1 aromatic carbocycles. The Morgan fingerprint density at radius 3 is 2.80 bits per heavy atom. The van der Waals surface area contributed by atoms with Gasteiger partial charge in [-0.05, 0) is 25.5 Å². The Balaban J connectivity index is 2.72. The number of hydrogen-bond donors (Lipinski definition) is 1. The molecule has 0 aliphatic rings. The normalized spacial score (nSPS) is 11.8. The van der Waals surface area contributed by atoms with E-state index in [0.29, 0.717) is 13.2 Å². The summed E-state index contributed by atoms with van der Waals surface area (Å²) < 4.78 is 10.2. The van der Waals surface area contributed by atoms with Crippen molar-refractivity contribution in [1.82, 2.24) is 5.32 Å². The highest BCUT2D eigenvalue weighted by atomic mass is 16.6. The number of aryl methyl sites for hydroxylation is 1. The second-order valence-electron chi connectivity index (χ2n) is 4.27. The molecule has 1 aromatic rings. The van der Waals surface area contributed by atoms with E-state index in [1.54, 1.807) is 13.0 Å². The summed E-state index contributed by atoms with van der Waals surface area (Å²) >= 11 is 0. The minimum Gasteiger partial charge on any atom is -0.474 e. The summed E-state index contributed by atoms with van der Waals surface area (Å²) in [6.07, 6.45) is -0.826. The van der Waals surface area contributed by atoms with Gasteiger partial charge in [0.25, 0.3) is 5.91 Å². The number of benzene rings is 1. The molecular formula is C13H18N2O5. The Morgan fingerprint density at radius 2 is 2.20 bits per heavy atom. The van der Waals surface area contributed by atoms with Gasteiger partial charge in [0.1, 0.15) is 0 Å². The van der Waals surface area contributed by atoms with E-state index in [0.717, 1.165) is 5.56 Å². The number of hydrogen-bond acceptors (Lipinski definition) is 5. The Bertz CT molecular complexity index is 490. The number of nitro benzene ring substituents is 1. The highest BCUT2D eigenvalue weighted by molar-refractivity contribution is 5.80. The Hall–Kier alpha value is -2.15. The largest absolute Gasteiger partial charge is 0.474 e. The first-order valence-corrected chi connectivity index (χ1v) is 6.14. The van der Waals surface area contributed by atoms with Crippen molar-refractivity contribution < 1.29 is 19.2 Å². The first-order valence-electron chi connectivity index (χ1n) is 6.14. The fourth-order valence-corrected chi connectivity index (χ4v) is 1.53. The molecular weight excluding hydrogens is 264 g/mol. The summed E-state index contributed by atoms with van der Waals surface area (Å²) in [4.78, 5) is 22.1. The molecule has 1 N–H and O–H groups in total. The first kappa shape index (κ1) is 15.9. The molecule has 7 nitrogen and oxygen atoms in total. The van der Waals surface area contributed by atoms with Crippen LogP contribution in [-0.4, -0.2) is 37.2 Å². The van der Waals surface area contributed by atoms with Crippen LogP contribution in [0.3, 0.4) is 0 Å². The Morgan fingerprint density at radius 1 is 1.50 bits per heavy atom. The highest BCUT2D eigenvalue weighted by Gasteiger charge is 2.20. The maximum atomic E-state index is 11.7. The quantitative estimate of drug-likeness (QED) is 0.464. The minimum absolute atomic E-state index is 0.0787. The minimum atomic E-state index is -0.826. The number of carbonyl (C=O) groups is 1. The zero-order chi connectivity index (χ0) is 15.1. The molecule has 1 rings (SSSR count). The van der Waals surface area contributed by atoms with Crippen molar-refractivity contribution in [2.24, 2.45) is 0 Å². The first-order chi connectivity index (χ1) is 9.45. The van der Waals surface area contributed by atoms with Crippen molar-refractivity contribution in [3.8, 4) is 5.75 Å². The van der Waals surface area contributed by atoms with Gasteiger partial charge >= 0.3 is 5.69 Å². The SMILES string of the molecule is COCCNC(=O)[C@@H](C)Oc1ccc(C)cc1[N+](=O)[O-]. The number of rotatable bonds is 7. The highest BCUT2D eigenvalue weighted by Crippen LogP contribution is 2.28. The second-order valence-corrected chi connectivity index (χ2v) is 4.27. The van der Waals surface area contributed by atoms with Crippen LogP contribution in [0.2, 0.25) is 0 Å². The summed E-state index contributed by atoms with van der Waals surface area (Å²) in [7, 11) is 1.53. The standard InChI is InChI=1S/C13H18N2O5/c1-9-4-5-12(11(8-9)15(17)18)20-10(2)13(16)14-6-7-19-3/h4-5,8,10H,6-7H2,1-3H3,(H,14,16)/t10-/m1/s1. The van der Waals surface area contributed by atoms with Crippen molar-refractivity contribution in [2.75, 3.05) is 20.3 Å². The molecule has 0 aliphatic heterocycles. The van der Waals surface area contributed by atoms with Gasteiger partial charge in [0.15, 0.2) is 11.9 Å². The number of nitrogens with zero attached hydrogens (tertiary/aromatic N) is 1. The number of amides is 1. The van der Waals surface area contributed by atoms with Gasteiger partial charge in [-0.1, -0.05) is 6.07 Å². The third-order valence-corrected chi connectivity index (χ3v) is 2.59. The lowest BCUT2D eigenvalue weighted by Crippen LogP contribution is -2.38. The van der Waals surface area contributed by atoms with Gasteiger partial charge in [0, 0.05) is 19.7 Å². The molecule has 1 atom stereocenters. The molecule has 0 saturated heterocycles. The van der Waals surface area contributed by atoms with Crippen molar-refractivity contribution in [1.29, 1.82) is 0 Å². The zero-order valence-electron chi connectivity index (χ0n) is 11.7. The topological polar surface area (TPSA) is 90.7 Å². The average Bonchev–Trinajstić information content (AvgIpc) is 2.40. The molecule has 20 heavy (non-hydrogen) atoms. The van der Waals surface area contributed by atoms with E-state index in [1.165, 1.54) is 26.2 Å². The van der Waals surface area contributed by atoms with Crippen molar-refractivity contribution in [3.63, 3.8) is 0 Å². The van der Waals surface area contributed by atoms with E-state index in [-0.39, 0.29) is 17.3 Å². The number of methoxy groups -OCH3 is 1. The summed E-state index contributed by atoms with van der Waals surface area (Å²) in [5.74, 6) is -0.271. The number of carbonyl (C=O) groups excluding carboxylic acids is 1. The van der Waals surface area contributed by atoms with Crippen LogP contribution in [0, 0.1) is 17.0 Å². The molecule has 110 valence electrons. The van der Waals surface area contributed by atoms with Crippen LogP contribution in [-0.2, 0) is 9.53 Å². The lowest BCUT2D eigenvalue weighted by atomic mass is 10.2. The maximum Gasteiger partial charge on any atom is 0.311 e. The molecule has 0 bridgehead atoms. The molecule has 0 radical (unpaired) electrons. The summed E-state index contributed by atoms with van der Waals surface area (Å²) in [6, 6.07) is 4.59. The molecule has 0 unspecified atom stereocenters. The van der Waals surface area contributed by atoms with Crippen LogP contribution < -0.4 is 10.1 Å². The molecule has 0 aliphatic carbocycles. The van der Waals surface area contributed by atoms with E-state index in [1.807, 2.05) is 0 Å². The van der Waals surface area contributed by atoms with Crippen molar-refractivity contribution in [2.45, 2.75) is 20.0 Å². The van der Waals surface area contributed by atoms with Crippen LogP contribution >= 0.6 is 0 Å². The molecule has 0 spiro atoms. The fraction of sp³-hybridized carbons (Fsp3) is 0.462. The maximum absolute atomic E-state index is 11.7. The molecule has 1 amide bonds. The summed E-state index contributed by atoms with van der Waals surface area (Å²) in [5.41, 5.74) is 0.600. The summed E-state index contributed by atoms with van der Waals surface area (Å²) in [6.45, 7) is 4.03. The van der Waals surface area contributed by atoms with E-state index < -0.39 is 11.0 Å². The second kappa shape index (κ2) is 7.44. The van der Waals surface area contributed by atoms with Crippen LogP contribution in [0.25, 0.3) is 0 Å². The molecule has 0 heterocycles. The van der Waals surface area contributed by atoms with Crippen LogP contribution in [0.1, 0.15) is 12.5 Å². The van der Waals surface area contributed by atoms with E-state index in [9.17, 15) is 14.9 Å². The van der Waals surface area contributed by atoms with E-state index in [2.05, 4.69) is 5.32 Å². The van der Waals surface area contributed by atoms with Crippen molar-refractivity contribution in [3.05, 3.63) is 33.9 Å². The average molecular weight is 282 g/mol. The molecule has 0 aromatic heterocycles. The number of nitro groups is 1. The fourth-order valence-electron chi connectivity index (χ4n) is 1.53. The molecule has 7 heteroatoms. The van der Waals surface area contributed by atoms with Gasteiger partial charge in [0.2, 0.25) is 0 Å². The smallest absolute Gasteiger partial charge is 0.311 e. The third-order valence-electron chi connectivity index (χ3n) is 2.59. The van der Waals surface area contributed by atoms with Crippen molar-refractivity contribution >= 4 is 11.6 Å². The van der Waals surface area contributed by atoms with Gasteiger partial charge in [-0.2, -0.15) is 0 Å². The Kier molecular flexibility index (Phi) is 5.92. The summed E-state index contributed by atoms with van der Waals surface area (Å²) in [5, 5.41) is 13.5. The zero-order valence-corrected chi connectivity index (χ0v) is 11.7. The lowest BCUT2D eigenvalue weighted by Gasteiger charge is -2.14. The number of nitrogens with one attached hydrogen (secondary N) is 1. The van der Waals surface area contributed by atoms with Crippen LogP contribution in [0.5, 0.6) is 5.75 Å². The van der Waals surface area contributed by atoms with Crippen LogP contribution in [0.15, 0.2) is 18.2 Å². The Labute approximate surface area is 117 Å². The van der Waals surface area contributed by atoms with E-state index in [4.69, 9.17) is 9.47 Å². The van der Waals surface area contributed by atoms with Gasteiger partial charge in [-0.15, -0.1) is 0 Å². The van der Waals surface area contributed by atoms with Crippen LogP contribution in [0.4, 0.5) is 5.69 Å². The predicted octanol–water partition coefficient (Wildman–Crippen LogP) is 1.43. The third kappa shape index (κ3) is 4.51. The van der Waals surface area contributed by atoms with Gasteiger partial charge in [-0.3, -0.25) is 14.9 Å². The lowest BCUT2D eigenvalue weighted by molar-refractivity contribution is -0.386. The molecule has 0 saturated carbocycles. The van der Waals surface area contributed by atoms with Gasteiger partial charge < -0.3 is 14.8 Å². The predicted molar refractivity (Wildman–Crippen MR) is 72.8 cm³/mol. The number of ether oxygens (including phenoxy) is 2. The monoisotopic (exact) mass is 282 g/mol.